The molecule has 0 saturated carbocycles. The standard InChI is InChI=1S/C26H27Cl2N5O2/c1-16-14-32(15-29-16)21-9-6-17(12-22(21)35-4)23-30-31-24-26(25(2,3)34,10-5-11-33(23)24)18-7-8-19(27)20(28)13-18/h6-9,12-15,34H,5,10-11H2,1-4H3. The van der Waals surface area contributed by atoms with Crippen LogP contribution in [0.4, 0.5) is 0 Å². The Kier molecular flexibility index (Phi) is 5.90. The van der Waals surface area contributed by atoms with Crippen molar-refractivity contribution in [1.29, 1.82) is 0 Å². The Bertz CT molecular complexity index is 1410. The number of imidazole rings is 1. The normalized spacial score (nSPS) is 17.9. The van der Waals surface area contributed by atoms with E-state index in [2.05, 4.69) is 19.7 Å². The van der Waals surface area contributed by atoms with Gasteiger partial charge in [0, 0.05) is 18.3 Å². The van der Waals surface area contributed by atoms with Crippen molar-refractivity contribution in [3.8, 4) is 22.8 Å². The minimum absolute atomic E-state index is 0.444. The van der Waals surface area contributed by atoms with Gasteiger partial charge in [-0.15, -0.1) is 10.2 Å². The van der Waals surface area contributed by atoms with Crippen LogP contribution in [0.2, 0.25) is 10.0 Å². The number of hydrogen-bond donors (Lipinski definition) is 1. The van der Waals surface area contributed by atoms with Gasteiger partial charge in [-0.2, -0.15) is 0 Å². The number of aryl methyl sites for hydroxylation is 1. The second kappa shape index (κ2) is 8.66. The van der Waals surface area contributed by atoms with Gasteiger partial charge in [0.15, 0.2) is 5.82 Å². The lowest BCUT2D eigenvalue weighted by atomic mass is 9.64. The molecule has 0 fully saturated rings. The summed E-state index contributed by atoms with van der Waals surface area (Å²) in [4.78, 5) is 4.32. The highest BCUT2D eigenvalue weighted by Crippen LogP contribution is 2.49. The number of nitrogens with zero attached hydrogens (tertiary/aromatic N) is 5. The van der Waals surface area contributed by atoms with Gasteiger partial charge >= 0.3 is 0 Å². The van der Waals surface area contributed by atoms with Crippen LogP contribution in [0.1, 0.15) is 43.8 Å². The largest absolute Gasteiger partial charge is 0.495 e. The van der Waals surface area contributed by atoms with Gasteiger partial charge in [-0.3, -0.25) is 0 Å². The predicted molar refractivity (Wildman–Crippen MR) is 137 cm³/mol. The minimum atomic E-state index is -1.13. The molecular formula is C26H27Cl2N5O2. The second-order valence-electron chi connectivity index (χ2n) is 9.50. The third-order valence-corrected chi connectivity index (χ3v) is 7.69. The molecule has 2 aromatic carbocycles. The summed E-state index contributed by atoms with van der Waals surface area (Å²) in [6.45, 7) is 6.30. The number of fused-ring (bicyclic) bond motifs is 1. The zero-order valence-electron chi connectivity index (χ0n) is 20.1. The first-order chi connectivity index (χ1) is 16.7. The first-order valence-corrected chi connectivity index (χ1v) is 12.2. The Morgan fingerprint density at radius 2 is 1.89 bits per heavy atom. The number of aromatic nitrogens is 5. The average Bonchev–Trinajstić information content (AvgIpc) is 3.46. The van der Waals surface area contributed by atoms with E-state index in [4.69, 9.17) is 27.9 Å². The fourth-order valence-corrected chi connectivity index (χ4v) is 5.51. The van der Waals surface area contributed by atoms with Crippen molar-refractivity contribution in [2.45, 2.75) is 51.2 Å². The third kappa shape index (κ3) is 3.82. The molecule has 4 aromatic rings. The van der Waals surface area contributed by atoms with E-state index in [0.717, 1.165) is 41.3 Å². The smallest absolute Gasteiger partial charge is 0.164 e. The van der Waals surface area contributed by atoms with E-state index in [1.165, 1.54) is 0 Å². The number of benzene rings is 2. The highest BCUT2D eigenvalue weighted by molar-refractivity contribution is 6.42. The van der Waals surface area contributed by atoms with Crippen molar-refractivity contribution in [3.63, 3.8) is 0 Å². The number of halogens is 2. The van der Waals surface area contributed by atoms with Crippen molar-refractivity contribution >= 4 is 23.2 Å². The van der Waals surface area contributed by atoms with Gasteiger partial charge in [-0.05, 0) is 69.5 Å². The quantitative estimate of drug-likeness (QED) is 0.377. The molecule has 0 aliphatic carbocycles. The highest BCUT2D eigenvalue weighted by Gasteiger charge is 2.52. The molecule has 0 bridgehead atoms. The molecule has 2 aromatic heterocycles. The molecule has 182 valence electrons. The molecule has 3 heterocycles. The van der Waals surface area contributed by atoms with Crippen LogP contribution in [0.15, 0.2) is 48.9 Å². The monoisotopic (exact) mass is 511 g/mol. The van der Waals surface area contributed by atoms with Crippen molar-refractivity contribution in [2.24, 2.45) is 0 Å². The van der Waals surface area contributed by atoms with E-state index >= 15 is 0 Å². The second-order valence-corrected chi connectivity index (χ2v) is 10.3. The van der Waals surface area contributed by atoms with Crippen molar-refractivity contribution in [3.05, 3.63) is 76.0 Å². The topological polar surface area (TPSA) is 78.0 Å². The van der Waals surface area contributed by atoms with E-state index in [9.17, 15) is 5.11 Å². The van der Waals surface area contributed by atoms with Gasteiger partial charge < -0.3 is 19.0 Å². The van der Waals surface area contributed by atoms with Gasteiger partial charge in [0.1, 0.15) is 11.6 Å². The fourth-order valence-electron chi connectivity index (χ4n) is 5.21. The van der Waals surface area contributed by atoms with Crippen LogP contribution in [0, 0.1) is 6.92 Å². The fraction of sp³-hybridized carbons (Fsp3) is 0.346. The van der Waals surface area contributed by atoms with Crippen LogP contribution in [-0.4, -0.2) is 42.1 Å². The van der Waals surface area contributed by atoms with E-state index in [-0.39, 0.29) is 0 Å². The average molecular weight is 512 g/mol. The molecule has 5 rings (SSSR count). The summed E-state index contributed by atoms with van der Waals surface area (Å²) >= 11 is 12.6. The molecular weight excluding hydrogens is 485 g/mol. The lowest BCUT2D eigenvalue weighted by Gasteiger charge is -2.45. The van der Waals surface area contributed by atoms with Gasteiger partial charge in [0.25, 0.3) is 0 Å². The highest BCUT2D eigenvalue weighted by atomic mass is 35.5. The molecule has 1 atom stereocenters. The van der Waals surface area contributed by atoms with Crippen molar-refractivity contribution in [1.82, 2.24) is 24.3 Å². The Hall–Kier alpha value is -2.87. The molecule has 35 heavy (non-hydrogen) atoms. The molecule has 0 saturated heterocycles. The maximum Gasteiger partial charge on any atom is 0.164 e. The lowest BCUT2D eigenvalue weighted by Crippen LogP contribution is -2.52. The molecule has 1 aliphatic rings. The number of aliphatic hydroxyl groups is 1. The van der Waals surface area contributed by atoms with Crippen molar-refractivity contribution < 1.29 is 9.84 Å². The number of rotatable bonds is 5. The number of methoxy groups -OCH3 is 1. The molecule has 7 nitrogen and oxygen atoms in total. The van der Waals surface area contributed by atoms with Crippen LogP contribution in [0.3, 0.4) is 0 Å². The van der Waals surface area contributed by atoms with Gasteiger partial charge in [-0.1, -0.05) is 29.3 Å². The molecule has 1 N–H and O–H groups in total. The van der Waals surface area contributed by atoms with Crippen molar-refractivity contribution in [2.75, 3.05) is 7.11 Å². The molecule has 0 radical (unpaired) electrons. The van der Waals surface area contributed by atoms with Gasteiger partial charge in [0.2, 0.25) is 0 Å². The maximum atomic E-state index is 11.5. The Labute approximate surface area is 214 Å². The number of hydrogen-bond acceptors (Lipinski definition) is 5. The van der Waals surface area contributed by atoms with Crippen LogP contribution >= 0.6 is 23.2 Å². The van der Waals surface area contributed by atoms with Crippen LogP contribution < -0.4 is 4.74 Å². The SMILES string of the molecule is COc1cc(-c2nnc3n2CCCC3(c2ccc(Cl)c(Cl)c2)C(C)(C)O)ccc1-n1cnc(C)c1. The summed E-state index contributed by atoms with van der Waals surface area (Å²) in [5.74, 6) is 2.13. The van der Waals surface area contributed by atoms with Crippen LogP contribution in [-0.2, 0) is 12.0 Å². The predicted octanol–water partition coefficient (Wildman–Crippen LogP) is 5.61. The third-order valence-electron chi connectivity index (χ3n) is 6.95. The zero-order valence-corrected chi connectivity index (χ0v) is 21.6. The lowest BCUT2D eigenvalue weighted by molar-refractivity contribution is -0.00453. The van der Waals surface area contributed by atoms with Crippen LogP contribution in [0.5, 0.6) is 5.75 Å². The molecule has 9 heteroatoms. The van der Waals surface area contributed by atoms with E-state index in [1.54, 1.807) is 19.5 Å². The molecule has 1 aliphatic heterocycles. The van der Waals surface area contributed by atoms with E-state index in [0.29, 0.717) is 28.0 Å². The van der Waals surface area contributed by atoms with Crippen LogP contribution in [0.25, 0.3) is 17.1 Å². The summed E-state index contributed by atoms with van der Waals surface area (Å²) in [5.41, 5.74) is 1.62. The minimum Gasteiger partial charge on any atom is -0.495 e. The Morgan fingerprint density at radius 1 is 1.09 bits per heavy atom. The first kappa shape index (κ1) is 23.9. The molecule has 0 amide bonds. The first-order valence-electron chi connectivity index (χ1n) is 11.5. The number of ether oxygens (including phenoxy) is 1. The Balaban J connectivity index is 1.65. The summed E-state index contributed by atoms with van der Waals surface area (Å²) in [6, 6.07) is 11.5. The summed E-state index contributed by atoms with van der Waals surface area (Å²) in [7, 11) is 1.65. The van der Waals surface area contributed by atoms with E-state index < -0.39 is 11.0 Å². The molecule has 0 spiro atoms. The maximum absolute atomic E-state index is 11.5. The zero-order chi connectivity index (χ0) is 25.0. The Morgan fingerprint density at radius 3 is 2.54 bits per heavy atom. The summed E-state index contributed by atoms with van der Waals surface area (Å²) in [5, 5.41) is 21.6. The van der Waals surface area contributed by atoms with Gasteiger partial charge in [-0.25, -0.2) is 4.98 Å². The molecule has 1 unspecified atom stereocenters. The van der Waals surface area contributed by atoms with Gasteiger partial charge in [0.05, 0.1) is 45.9 Å². The summed E-state index contributed by atoms with van der Waals surface area (Å²) in [6.07, 6.45) is 5.26. The summed E-state index contributed by atoms with van der Waals surface area (Å²) < 4.78 is 9.74. The van der Waals surface area contributed by atoms with E-state index in [1.807, 2.05) is 61.9 Å².